The molecule has 0 radical (unpaired) electrons. The Hall–Kier alpha value is -2.89. The minimum Gasteiger partial charge on any atom is -0.478 e. The lowest BCUT2D eigenvalue weighted by atomic mass is 10.1. The number of carbonyl (C=O) groups is 2. The van der Waals surface area contributed by atoms with Crippen molar-refractivity contribution in [3.05, 3.63) is 53.2 Å². The van der Waals surface area contributed by atoms with Gasteiger partial charge >= 0.3 is 5.97 Å². The van der Waals surface area contributed by atoms with Crippen LogP contribution in [0.4, 0.5) is 11.5 Å². The Morgan fingerprint density at radius 2 is 1.80 bits per heavy atom. The van der Waals surface area contributed by atoms with Crippen molar-refractivity contribution in [3.8, 4) is 0 Å². The molecule has 0 bridgehead atoms. The van der Waals surface area contributed by atoms with Crippen LogP contribution in [0.25, 0.3) is 0 Å². The van der Waals surface area contributed by atoms with Crippen molar-refractivity contribution in [2.24, 2.45) is 0 Å². The van der Waals surface area contributed by atoms with Crippen molar-refractivity contribution in [1.82, 2.24) is 4.98 Å². The highest BCUT2D eigenvalue weighted by atomic mass is 16.4. The molecular weight excluding hydrogens is 318 g/mol. The normalized spacial score (nSPS) is 10.4. The van der Waals surface area contributed by atoms with Crippen molar-refractivity contribution in [2.75, 3.05) is 29.9 Å². The number of hydrogen-bond acceptors (Lipinski definition) is 4. The summed E-state index contributed by atoms with van der Waals surface area (Å²) in [5.41, 5.74) is 1.77. The molecule has 1 aromatic carbocycles. The number of carbonyl (C=O) groups excluding carboxylic acids is 1. The Balaban J connectivity index is 2.29. The number of hydrogen-bond donors (Lipinski definition) is 1. The molecule has 0 saturated carbocycles. The minimum atomic E-state index is -1.01. The second-order valence-electron chi connectivity index (χ2n) is 5.70. The van der Waals surface area contributed by atoms with Gasteiger partial charge in [0, 0.05) is 32.0 Å². The molecule has 1 heterocycles. The van der Waals surface area contributed by atoms with E-state index < -0.39 is 5.97 Å². The number of rotatable bonds is 6. The monoisotopic (exact) mass is 341 g/mol. The minimum absolute atomic E-state index is 0.187. The van der Waals surface area contributed by atoms with Crippen molar-refractivity contribution < 1.29 is 14.7 Å². The van der Waals surface area contributed by atoms with Crippen LogP contribution in [0, 0.1) is 6.92 Å². The molecule has 0 spiro atoms. The number of anilines is 2. The maximum Gasteiger partial charge on any atom is 0.336 e. The first-order valence-electron chi connectivity index (χ1n) is 8.22. The van der Waals surface area contributed by atoms with Crippen molar-refractivity contribution in [2.45, 2.75) is 20.8 Å². The lowest BCUT2D eigenvalue weighted by Gasteiger charge is -2.22. The maximum atomic E-state index is 12.7. The molecule has 132 valence electrons. The Kier molecular flexibility index (Phi) is 5.75. The van der Waals surface area contributed by atoms with Crippen LogP contribution in [0.2, 0.25) is 0 Å². The number of carboxylic acids is 1. The quantitative estimate of drug-likeness (QED) is 0.873. The third-order valence-electron chi connectivity index (χ3n) is 4.28. The molecule has 0 atom stereocenters. The maximum absolute atomic E-state index is 12.7. The largest absolute Gasteiger partial charge is 0.478 e. The number of benzene rings is 1. The second-order valence-corrected chi connectivity index (χ2v) is 5.70. The van der Waals surface area contributed by atoms with E-state index in [1.54, 1.807) is 38.4 Å². The van der Waals surface area contributed by atoms with E-state index in [0.717, 1.165) is 18.9 Å². The highest BCUT2D eigenvalue weighted by Crippen LogP contribution is 2.24. The van der Waals surface area contributed by atoms with Crippen LogP contribution in [-0.4, -0.2) is 42.1 Å². The zero-order chi connectivity index (χ0) is 18.6. The first-order chi connectivity index (χ1) is 11.9. The van der Waals surface area contributed by atoms with Crippen LogP contribution in [0.1, 0.15) is 40.1 Å². The summed E-state index contributed by atoms with van der Waals surface area (Å²) in [7, 11) is 1.63. The highest BCUT2D eigenvalue weighted by Gasteiger charge is 2.19. The number of nitrogens with zero attached hydrogens (tertiary/aromatic N) is 3. The van der Waals surface area contributed by atoms with E-state index in [9.17, 15) is 14.7 Å². The van der Waals surface area contributed by atoms with Gasteiger partial charge in [-0.3, -0.25) is 4.79 Å². The van der Waals surface area contributed by atoms with E-state index in [-0.39, 0.29) is 11.5 Å². The summed E-state index contributed by atoms with van der Waals surface area (Å²) in [4.78, 5) is 31.9. The summed E-state index contributed by atoms with van der Waals surface area (Å²) < 4.78 is 0. The van der Waals surface area contributed by atoms with Gasteiger partial charge in [-0.25, -0.2) is 9.78 Å². The third-order valence-corrected chi connectivity index (χ3v) is 4.28. The lowest BCUT2D eigenvalue weighted by molar-refractivity contribution is 0.0695. The van der Waals surface area contributed by atoms with E-state index >= 15 is 0 Å². The molecule has 6 heteroatoms. The molecule has 25 heavy (non-hydrogen) atoms. The van der Waals surface area contributed by atoms with Gasteiger partial charge in [0.1, 0.15) is 5.82 Å². The number of aromatic nitrogens is 1. The fourth-order valence-corrected chi connectivity index (χ4v) is 2.77. The molecule has 0 aliphatic rings. The molecule has 2 aromatic rings. The number of carboxylic acid groups (broad SMARTS) is 1. The van der Waals surface area contributed by atoms with Gasteiger partial charge in [-0.05, 0) is 50.6 Å². The van der Waals surface area contributed by atoms with Gasteiger partial charge in [0.25, 0.3) is 5.91 Å². The molecule has 1 aromatic heterocycles. The summed E-state index contributed by atoms with van der Waals surface area (Å²) in [5, 5.41) is 9.24. The molecule has 2 rings (SSSR count). The van der Waals surface area contributed by atoms with Crippen LogP contribution in [0.5, 0.6) is 0 Å². The molecular formula is C19H23N3O3. The number of pyridine rings is 1. The molecule has 0 aliphatic carbocycles. The second kappa shape index (κ2) is 7.79. The highest BCUT2D eigenvalue weighted by molar-refractivity contribution is 6.06. The van der Waals surface area contributed by atoms with Crippen LogP contribution in [0.3, 0.4) is 0 Å². The molecule has 1 N–H and O–H groups in total. The molecule has 1 amide bonds. The van der Waals surface area contributed by atoms with Gasteiger partial charge in [0.15, 0.2) is 0 Å². The van der Waals surface area contributed by atoms with Gasteiger partial charge in [-0.15, -0.1) is 0 Å². The summed E-state index contributed by atoms with van der Waals surface area (Å²) >= 11 is 0. The van der Waals surface area contributed by atoms with Crippen LogP contribution in [0.15, 0.2) is 36.5 Å². The SMILES string of the molecule is CCN(CC)c1ccc(C(=O)N(C)c2cccc(C(=O)O)c2C)cn1. The van der Waals surface area contributed by atoms with Crippen LogP contribution in [-0.2, 0) is 0 Å². The van der Waals surface area contributed by atoms with Gasteiger partial charge in [-0.1, -0.05) is 6.07 Å². The predicted octanol–water partition coefficient (Wildman–Crippen LogP) is 3.21. The average Bonchev–Trinajstić information content (AvgIpc) is 2.62. The zero-order valence-electron chi connectivity index (χ0n) is 15.0. The fraction of sp³-hybridized carbons (Fsp3) is 0.316. The molecule has 0 saturated heterocycles. The summed E-state index contributed by atoms with van der Waals surface area (Å²) in [6.45, 7) is 7.49. The van der Waals surface area contributed by atoms with E-state index in [2.05, 4.69) is 23.7 Å². The fourth-order valence-electron chi connectivity index (χ4n) is 2.77. The van der Waals surface area contributed by atoms with Crippen molar-refractivity contribution in [3.63, 3.8) is 0 Å². The van der Waals surface area contributed by atoms with Crippen molar-refractivity contribution >= 4 is 23.4 Å². The molecule has 6 nitrogen and oxygen atoms in total. The third kappa shape index (κ3) is 3.79. The average molecular weight is 341 g/mol. The summed E-state index contributed by atoms with van der Waals surface area (Å²) in [5.74, 6) is -0.414. The summed E-state index contributed by atoms with van der Waals surface area (Å²) in [6, 6.07) is 8.47. The van der Waals surface area contributed by atoms with Crippen molar-refractivity contribution in [1.29, 1.82) is 0 Å². The topological polar surface area (TPSA) is 73.7 Å². The van der Waals surface area contributed by atoms with Gasteiger partial charge < -0.3 is 14.9 Å². The summed E-state index contributed by atoms with van der Waals surface area (Å²) in [6.07, 6.45) is 1.56. The van der Waals surface area contributed by atoms with E-state index in [1.807, 2.05) is 6.07 Å². The predicted molar refractivity (Wildman–Crippen MR) is 98.7 cm³/mol. The van der Waals surface area contributed by atoms with Gasteiger partial charge in [0.2, 0.25) is 0 Å². The van der Waals surface area contributed by atoms with Gasteiger partial charge in [-0.2, -0.15) is 0 Å². The Labute approximate surface area is 147 Å². The lowest BCUT2D eigenvalue weighted by Crippen LogP contribution is -2.28. The molecule has 0 fully saturated rings. The Bertz CT molecular complexity index is 768. The van der Waals surface area contributed by atoms with E-state index in [4.69, 9.17) is 0 Å². The van der Waals surface area contributed by atoms with Crippen LogP contribution >= 0.6 is 0 Å². The molecule has 0 unspecified atom stereocenters. The number of amides is 1. The Morgan fingerprint density at radius 3 is 2.32 bits per heavy atom. The zero-order valence-corrected chi connectivity index (χ0v) is 15.0. The smallest absolute Gasteiger partial charge is 0.336 e. The van der Waals surface area contributed by atoms with E-state index in [1.165, 1.54) is 11.0 Å². The Morgan fingerprint density at radius 1 is 1.12 bits per heavy atom. The van der Waals surface area contributed by atoms with E-state index in [0.29, 0.717) is 16.8 Å². The first kappa shape index (κ1) is 18.4. The molecule has 0 aliphatic heterocycles. The van der Waals surface area contributed by atoms with Gasteiger partial charge in [0.05, 0.1) is 11.1 Å². The first-order valence-corrected chi connectivity index (χ1v) is 8.22. The number of aromatic carboxylic acids is 1. The standard InChI is InChI=1S/C19H23N3O3/c1-5-22(6-2)17-11-10-14(12-20-17)18(23)21(4)16-9-7-8-15(13(16)3)19(24)25/h7-12H,5-6H2,1-4H3,(H,24,25). The van der Waals surface area contributed by atoms with Crippen LogP contribution < -0.4 is 9.80 Å².